The van der Waals surface area contributed by atoms with Crippen LogP contribution in [0.3, 0.4) is 0 Å². The summed E-state index contributed by atoms with van der Waals surface area (Å²) in [6.45, 7) is 4.13. The number of hydrogen-bond donors (Lipinski definition) is 1. The molecule has 0 bridgehead atoms. The predicted molar refractivity (Wildman–Crippen MR) is 71.3 cm³/mol. The third-order valence-corrected chi connectivity index (χ3v) is 2.57. The first-order valence-corrected chi connectivity index (χ1v) is 6.11. The van der Waals surface area contributed by atoms with Gasteiger partial charge in [-0.2, -0.15) is 0 Å². The molecule has 1 amide bonds. The first-order valence-electron chi connectivity index (χ1n) is 6.11. The second kappa shape index (κ2) is 7.41. The van der Waals surface area contributed by atoms with Crippen LogP contribution in [0.1, 0.15) is 29.3 Å². The summed E-state index contributed by atoms with van der Waals surface area (Å²) in [6, 6.07) is 5.17. The van der Waals surface area contributed by atoms with Crippen LogP contribution in [0.4, 0.5) is 0 Å². The van der Waals surface area contributed by atoms with Crippen LogP contribution in [-0.2, 0) is 9.53 Å². The smallest absolute Gasteiger partial charge is 0.338 e. The number of methoxy groups -OCH3 is 1. The second-order valence-corrected chi connectivity index (χ2v) is 4.16. The lowest BCUT2D eigenvalue weighted by Crippen LogP contribution is -2.22. The molecule has 0 heterocycles. The van der Waals surface area contributed by atoms with Gasteiger partial charge in [0.1, 0.15) is 5.75 Å². The Balaban J connectivity index is 2.43. The van der Waals surface area contributed by atoms with Crippen molar-refractivity contribution in [2.75, 3.05) is 20.3 Å². The zero-order chi connectivity index (χ0) is 14.3. The first-order chi connectivity index (χ1) is 9.04. The number of carbonyl (C=O) groups excluding carboxylic acids is 2. The molecule has 0 saturated heterocycles. The van der Waals surface area contributed by atoms with Crippen molar-refractivity contribution in [2.24, 2.45) is 0 Å². The molecule has 0 unspecified atom stereocenters. The Labute approximate surface area is 112 Å². The number of benzene rings is 1. The molecular weight excluding hydrogens is 246 g/mol. The molecule has 0 fully saturated rings. The highest BCUT2D eigenvalue weighted by Gasteiger charge is 2.09. The number of aryl methyl sites for hydroxylation is 1. The van der Waals surface area contributed by atoms with E-state index < -0.39 is 0 Å². The van der Waals surface area contributed by atoms with Gasteiger partial charge in [-0.05, 0) is 31.0 Å². The fourth-order valence-electron chi connectivity index (χ4n) is 1.53. The summed E-state index contributed by atoms with van der Waals surface area (Å²) in [5.41, 5.74) is 1.42. The lowest BCUT2D eigenvalue weighted by molar-refractivity contribution is -0.118. The molecule has 1 aromatic rings. The number of ether oxygens (including phenoxy) is 2. The predicted octanol–water partition coefficient (Wildman–Crippen LogP) is 1.69. The SMILES string of the molecule is COc1cc(C(=O)OCCCNC(C)=O)ccc1C. The highest BCUT2D eigenvalue weighted by atomic mass is 16.5. The van der Waals surface area contributed by atoms with Crippen LogP contribution in [-0.4, -0.2) is 32.1 Å². The van der Waals surface area contributed by atoms with Crippen LogP contribution in [0, 0.1) is 6.92 Å². The molecule has 104 valence electrons. The monoisotopic (exact) mass is 265 g/mol. The van der Waals surface area contributed by atoms with E-state index in [0.717, 1.165) is 5.56 Å². The number of rotatable bonds is 6. The zero-order valence-corrected chi connectivity index (χ0v) is 11.5. The summed E-state index contributed by atoms with van der Waals surface area (Å²) in [7, 11) is 1.56. The number of amides is 1. The van der Waals surface area contributed by atoms with Gasteiger partial charge < -0.3 is 14.8 Å². The molecule has 1 aromatic carbocycles. The normalized spacial score (nSPS) is 9.84. The number of carbonyl (C=O) groups is 2. The Morgan fingerprint density at radius 3 is 2.68 bits per heavy atom. The minimum atomic E-state index is -0.388. The number of nitrogens with one attached hydrogen (secondary N) is 1. The fourth-order valence-corrected chi connectivity index (χ4v) is 1.53. The summed E-state index contributed by atoms with van der Waals surface area (Å²) < 4.78 is 10.3. The standard InChI is InChI=1S/C14H19NO4/c1-10-5-6-12(9-13(10)18-3)14(17)19-8-4-7-15-11(2)16/h5-6,9H,4,7-8H2,1-3H3,(H,15,16). The quantitative estimate of drug-likeness (QED) is 0.628. The van der Waals surface area contributed by atoms with Gasteiger partial charge in [0.2, 0.25) is 5.91 Å². The van der Waals surface area contributed by atoms with E-state index in [1.807, 2.05) is 13.0 Å². The summed E-state index contributed by atoms with van der Waals surface area (Å²) in [5, 5.41) is 2.63. The van der Waals surface area contributed by atoms with E-state index in [0.29, 0.717) is 24.3 Å². The Morgan fingerprint density at radius 1 is 1.32 bits per heavy atom. The van der Waals surface area contributed by atoms with E-state index in [2.05, 4.69) is 5.32 Å². The molecule has 0 aromatic heterocycles. The average Bonchev–Trinajstić information content (AvgIpc) is 2.38. The molecule has 0 saturated carbocycles. The molecule has 0 aliphatic rings. The molecule has 0 atom stereocenters. The molecule has 1 N–H and O–H groups in total. The Morgan fingerprint density at radius 2 is 2.05 bits per heavy atom. The summed E-state index contributed by atoms with van der Waals surface area (Å²) in [6.07, 6.45) is 0.592. The van der Waals surface area contributed by atoms with Gasteiger partial charge in [-0.15, -0.1) is 0 Å². The van der Waals surface area contributed by atoms with Crippen LogP contribution in [0.2, 0.25) is 0 Å². The first kappa shape index (κ1) is 15.0. The van der Waals surface area contributed by atoms with Crippen molar-refractivity contribution in [3.8, 4) is 5.75 Å². The van der Waals surface area contributed by atoms with Crippen LogP contribution < -0.4 is 10.1 Å². The maximum atomic E-state index is 11.8. The zero-order valence-electron chi connectivity index (χ0n) is 11.5. The maximum Gasteiger partial charge on any atom is 0.338 e. The summed E-state index contributed by atoms with van der Waals surface area (Å²) >= 11 is 0. The Kier molecular flexibility index (Phi) is 5.85. The summed E-state index contributed by atoms with van der Waals surface area (Å²) in [5.74, 6) is 0.184. The second-order valence-electron chi connectivity index (χ2n) is 4.16. The van der Waals surface area contributed by atoms with Crippen LogP contribution >= 0.6 is 0 Å². The van der Waals surface area contributed by atoms with E-state index in [9.17, 15) is 9.59 Å². The molecule has 0 aliphatic carbocycles. The molecule has 0 spiro atoms. The topological polar surface area (TPSA) is 64.6 Å². The highest BCUT2D eigenvalue weighted by molar-refractivity contribution is 5.90. The third kappa shape index (κ3) is 4.99. The van der Waals surface area contributed by atoms with Crippen molar-refractivity contribution in [1.29, 1.82) is 0 Å². The van der Waals surface area contributed by atoms with Gasteiger partial charge in [0.05, 0.1) is 19.3 Å². The van der Waals surface area contributed by atoms with E-state index in [1.54, 1.807) is 19.2 Å². The lowest BCUT2D eigenvalue weighted by Gasteiger charge is -2.08. The van der Waals surface area contributed by atoms with Crippen molar-refractivity contribution in [3.05, 3.63) is 29.3 Å². The van der Waals surface area contributed by atoms with Crippen molar-refractivity contribution >= 4 is 11.9 Å². The van der Waals surface area contributed by atoms with Gasteiger partial charge in [-0.25, -0.2) is 4.79 Å². The highest BCUT2D eigenvalue weighted by Crippen LogP contribution is 2.19. The van der Waals surface area contributed by atoms with Crippen molar-refractivity contribution in [2.45, 2.75) is 20.3 Å². The minimum Gasteiger partial charge on any atom is -0.496 e. The molecule has 19 heavy (non-hydrogen) atoms. The Hall–Kier alpha value is -2.04. The van der Waals surface area contributed by atoms with Crippen LogP contribution in [0.5, 0.6) is 5.75 Å². The Bertz CT molecular complexity index is 457. The van der Waals surface area contributed by atoms with Crippen molar-refractivity contribution in [3.63, 3.8) is 0 Å². The van der Waals surface area contributed by atoms with E-state index in [-0.39, 0.29) is 18.5 Å². The minimum absolute atomic E-state index is 0.0883. The molecule has 1 rings (SSSR count). The summed E-state index contributed by atoms with van der Waals surface area (Å²) in [4.78, 5) is 22.4. The van der Waals surface area contributed by atoms with Gasteiger partial charge in [0.15, 0.2) is 0 Å². The lowest BCUT2D eigenvalue weighted by atomic mass is 10.1. The van der Waals surface area contributed by atoms with E-state index in [1.165, 1.54) is 6.92 Å². The molecule has 0 radical (unpaired) electrons. The van der Waals surface area contributed by atoms with Gasteiger partial charge >= 0.3 is 5.97 Å². The van der Waals surface area contributed by atoms with Gasteiger partial charge in [0, 0.05) is 13.5 Å². The van der Waals surface area contributed by atoms with Gasteiger partial charge in [0.25, 0.3) is 0 Å². The van der Waals surface area contributed by atoms with E-state index >= 15 is 0 Å². The number of esters is 1. The van der Waals surface area contributed by atoms with Gasteiger partial charge in [-0.1, -0.05) is 6.07 Å². The van der Waals surface area contributed by atoms with Crippen LogP contribution in [0.15, 0.2) is 18.2 Å². The number of hydrogen-bond acceptors (Lipinski definition) is 4. The van der Waals surface area contributed by atoms with E-state index in [4.69, 9.17) is 9.47 Å². The maximum absolute atomic E-state index is 11.8. The fraction of sp³-hybridized carbons (Fsp3) is 0.429. The average molecular weight is 265 g/mol. The molecule has 5 heteroatoms. The largest absolute Gasteiger partial charge is 0.496 e. The third-order valence-electron chi connectivity index (χ3n) is 2.57. The van der Waals surface area contributed by atoms with Crippen molar-refractivity contribution < 1.29 is 19.1 Å². The van der Waals surface area contributed by atoms with Crippen molar-refractivity contribution in [1.82, 2.24) is 5.32 Å². The molecule has 0 aliphatic heterocycles. The molecular formula is C14H19NO4. The van der Waals surface area contributed by atoms with Gasteiger partial charge in [-0.3, -0.25) is 4.79 Å². The molecule has 5 nitrogen and oxygen atoms in total. The van der Waals surface area contributed by atoms with Crippen LogP contribution in [0.25, 0.3) is 0 Å².